The fraction of sp³-hybridized carbons (Fsp3) is 0.833. The summed E-state index contributed by atoms with van der Waals surface area (Å²) >= 11 is 0. The Morgan fingerprint density at radius 2 is 1.81 bits per heavy atom. The largest absolute Gasteiger partial charge is 0.369 e. The van der Waals surface area contributed by atoms with Crippen LogP contribution in [0.15, 0.2) is 0 Å². The molecule has 2 aliphatic rings. The van der Waals surface area contributed by atoms with E-state index >= 15 is 0 Å². The van der Waals surface area contributed by atoms with Gasteiger partial charge in [0.2, 0.25) is 11.8 Å². The summed E-state index contributed by atoms with van der Waals surface area (Å²) in [7, 11) is 0. The molecule has 2 fully saturated rings. The molecule has 0 aromatic rings. The van der Waals surface area contributed by atoms with E-state index in [0.717, 1.165) is 12.8 Å². The van der Waals surface area contributed by atoms with Crippen molar-refractivity contribution in [2.45, 2.75) is 51.0 Å². The highest BCUT2D eigenvalue weighted by Crippen LogP contribution is 2.27. The number of nitrogens with two attached hydrogens (primary N) is 1. The third-order valence-electron chi connectivity index (χ3n) is 3.83. The van der Waals surface area contributed by atoms with Crippen LogP contribution >= 0.6 is 0 Å². The zero-order chi connectivity index (χ0) is 11.5. The van der Waals surface area contributed by atoms with Crippen molar-refractivity contribution < 1.29 is 9.59 Å². The monoisotopic (exact) mass is 224 g/mol. The van der Waals surface area contributed by atoms with Gasteiger partial charge in [0.05, 0.1) is 5.92 Å². The molecule has 1 heterocycles. The van der Waals surface area contributed by atoms with Crippen LogP contribution in [0, 0.1) is 5.92 Å². The number of carbonyl (C=O) groups is 2. The van der Waals surface area contributed by atoms with Gasteiger partial charge >= 0.3 is 0 Å². The molecule has 4 nitrogen and oxygen atoms in total. The minimum atomic E-state index is -0.329. The third-order valence-corrected chi connectivity index (χ3v) is 3.83. The Kier molecular flexibility index (Phi) is 3.46. The molecule has 2 rings (SSSR count). The van der Waals surface area contributed by atoms with Crippen LogP contribution in [0.5, 0.6) is 0 Å². The van der Waals surface area contributed by atoms with Crippen molar-refractivity contribution in [3.63, 3.8) is 0 Å². The zero-order valence-electron chi connectivity index (χ0n) is 9.65. The first-order valence-corrected chi connectivity index (χ1v) is 6.27. The highest BCUT2D eigenvalue weighted by molar-refractivity contribution is 5.88. The van der Waals surface area contributed by atoms with Crippen molar-refractivity contribution in [3.8, 4) is 0 Å². The number of hydrogen-bond acceptors (Lipinski definition) is 2. The van der Waals surface area contributed by atoms with Gasteiger partial charge in [-0.3, -0.25) is 9.59 Å². The number of nitrogens with zero attached hydrogens (tertiary/aromatic N) is 1. The molecular formula is C12H20N2O2. The van der Waals surface area contributed by atoms with Gasteiger partial charge in [0, 0.05) is 19.0 Å². The minimum Gasteiger partial charge on any atom is -0.369 e. The minimum absolute atomic E-state index is 0.121. The molecule has 90 valence electrons. The molecule has 0 radical (unpaired) electrons. The zero-order valence-corrected chi connectivity index (χ0v) is 9.65. The first-order valence-electron chi connectivity index (χ1n) is 6.27. The molecule has 1 saturated heterocycles. The Morgan fingerprint density at radius 3 is 2.31 bits per heavy atom. The average Bonchev–Trinajstić information content (AvgIpc) is 2.50. The van der Waals surface area contributed by atoms with Crippen LogP contribution in [-0.2, 0) is 9.59 Å². The molecular weight excluding hydrogens is 204 g/mol. The van der Waals surface area contributed by atoms with Crippen LogP contribution in [0.3, 0.4) is 0 Å². The summed E-state index contributed by atoms with van der Waals surface area (Å²) in [6, 6.07) is 0.361. The van der Waals surface area contributed by atoms with Gasteiger partial charge in [-0.2, -0.15) is 0 Å². The Morgan fingerprint density at radius 1 is 1.19 bits per heavy atom. The molecule has 2 amide bonds. The molecule has 2 N–H and O–H groups in total. The van der Waals surface area contributed by atoms with Gasteiger partial charge in [-0.25, -0.2) is 0 Å². The van der Waals surface area contributed by atoms with Crippen molar-refractivity contribution in [1.82, 2.24) is 4.90 Å². The third kappa shape index (κ3) is 2.36. The predicted molar refractivity (Wildman–Crippen MR) is 60.5 cm³/mol. The van der Waals surface area contributed by atoms with Crippen LogP contribution in [-0.4, -0.2) is 29.3 Å². The fourth-order valence-corrected chi connectivity index (χ4v) is 2.84. The summed E-state index contributed by atoms with van der Waals surface area (Å²) in [4.78, 5) is 24.8. The van der Waals surface area contributed by atoms with Crippen molar-refractivity contribution >= 4 is 11.8 Å². The van der Waals surface area contributed by atoms with Gasteiger partial charge < -0.3 is 10.6 Å². The Balaban J connectivity index is 1.98. The molecule has 16 heavy (non-hydrogen) atoms. The Hall–Kier alpha value is -1.06. The predicted octanol–water partition coefficient (Wildman–Crippen LogP) is 1.04. The quantitative estimate of drug-likeness (QED) is 0.712. The average molecular weight is 224 g/mol. The lowest BCUT2D eigenvalue weighted by molar-refractivity contribution is -0.130. The number of amides is 2. The summed E-state index contributed by atoms with van der Waals surface area (Å²) in [5.41, 5.74) is 5.26. The van der Waals surface area contributed by atoms with Crippen molar-refractivity contribution in [2.75, 3.05) is 6.54 Å². The van der Waals surface area contributed by atoms with Crippen molar-refractivity contribution in [2.24, 2.45) is 11.7 Å². The SMILES string of the molecule is NC(=O)[C@H]1CC(=O)N(C2CCCCCC2)C1. The highest BCUT2D eigenvalue weighted by atomic mass is 16.2. The van der Waals surface area contributed by atoms with Gasteiger partial charge in [-0.1, -0.05) is 25.7 Å². The molecule has 1 atom stereocenters. The maximum absolute atomic E-state index is 11.8. The van der Waals surface area contributed by atoms with E-state index in [9.17, 15) is 9.59 Å². The lowest BCUT2D eigenvalue weighted by atomic mass is 10.1. The van der Waals surface area contributed by atoms with Gasteiger partial charge in [0.25, 0.3) is 0 Å². The summed E-state index contributed by atoms with van der Waals surface area (Å²) in [5, 5.41) is 0. The second kappa shape index (κ2) is 4.85. The normalized spacial score (nSPS) is 28.1. The maximum Gasteiger partial charge on any atom is 0.223 e. The van der Waals surface area contributed by atoms with E-state index in [2.05, 4.69) is 0 Å². The first kappa shape index (κ1) is 11.4. The molecule has 0 aromatic heterocycles. The van der Waals surface area contributed by atoms with E-state index in [0.29, 0.717) is 19.0 Å². The van der Waals surface area contributed by atoms with Gasteiger partial charge in [-0.15, -0.1) is 0 Å². The molecule has 0 spiro atoms. The smallest absolute Gasteiger partial charge is 0.223 e. The van der Waals surface area contributed by atoms with Crippen LogP contribution in [0.1, 0.15) is 44.9 Å². The van der Waals surface area contributed by atoms with E-state index in [-0.39, 0.29) is 17.7 Å². The van der Waals surface area contributed by atoms with Crippen molar-refractivity contribution in [1.29, 1.82) is 0 Å². The highest BCUT2D eigenvalue weighted by Gasteiger charge is 2.36. The lowest BCUT2D eigenvalue weighted by Gasteiger charge is -2.26. The van der Waals surface area contributed by atoms with E-state index in [1.54, 1.807) is 0 Å². The van der Waals surface area contributed by atoms with E-state index < -0.39 is 0 Å². The van der Waals surface area contributed by atoms with E-state index in [4.69, 9.17) is 5.73 Å². The standard InChI is InChI=1S/C12H20N2O2/c13-12(16)9-7-11(15)14(8-9)10-5-3-1-2-4-6-10/h9-10H,1-8H2,(H2,13,16)/t9-/m0/s1. The fourth-order valence-electron chi connectivity index (χ4n) is 2.84. The number of rotatable bonds is 2. The number of carbonyl (C=O) groups excluding carboxylic acids is 2. The summed E-state index contributed by atoms with van der Waals surface area (Å²) in [6.45, 7) is 0.554. The Labute approximate surface area is 96.2 Å². The molecule has 1 saturated carbocycles. The molecule has 4 heteroatoms. The Bertz CT molecular complexity index is 283. The number of primary amides is 1. The van der Waals surface area contributed by atoms with Crippen molar-refractivity contribution in [3.05, 3.63) is 0 Å². The molecule has 0 bridgehead atoms. The topological polar surface area (TPSA) is 63.4 Å². The first-order chi connectivity index (χ1) is 7.68. The van der Waals surface area contributed by atoms with Gasteiger partial charge in [0.15, 0.2) is 0 Å². The number of hydrogen-bond donors (Lipinski definition) is 1. The lowest BCUT2D eigenvalue weighted by Crippen LogP contribution is -2.37. The van der Waals surface area contributed by atoms with E-state index in [1.807, 2.05) is 4.90 Å². The van der Waals surface area contributed by atoms with Crippen LogP contribution in [0.4, 0.5) is 0 Å². The van der Waals surface area contributed by atoms with Gasteiger partial charge in [0.1, 0.15) is 0 Å². The summed E-state index contributed by atoms with van der Waals surface area (Å²) in [6.07, 6.45) is 7.47. The second-order valence-electron chi connectivity index (χ2n) is 4.99. The summed E-state index contributed by atoms with van der Waals surface area (Å²) in [5.74, 6) is -0.462. The maximum atomic E-state index is 11.8. The van der Waals surface area contributed by atoms with Crippen LogP contribution < -0.4 is 5.73 Å². The molecule has 1 aliphatic heterocycles. The van der Waals surface area contributed by atoms with E-state index in [1.165, 1.54) is 25.7 Å². The number of likely N-dealkylation sites (tertiary alicyclic amines) is 1. The molecule has 0 aromatic carbocycles. The molecule has 1 aliphatic carbocycles. The second-order valence-corrected chi connectivity index (χ2v) is 4.99. The van der Waals surface area contributed by atoms with Gasteiger partial charge in [-0.05, 0) is 12.8 Å². The summed E-state index contributed by atoms with van der Waals surface area (Å²) < 4.78 is 0. The van der Waals surface area contributed by atoms with Crippen LogP contribution in [0.2, 0.25) is 0 Å². The molecule has 0 unspecified atom stereocenters. The van der Waals surface area contributed by atoms with Crippen LogP contribution in [0.25, 0.3) is 0 Å².